The standard InChI is InChI=1S/C38H34P2/c1-38(2,35-27-17-29-37(35)40(32-22-11-5-12-23-32)33-24-13-6-14-25-33)34-26-15-16-28-36(34)39(30-18-7-3-8-19-30)31-20-9-4-10-21-31/h3-29,35H,1-2H3. The van der Waals surface area contributed by atoms with Crippen LogP contribution < -0.4 is 26.5 Å². The molecule has 1 unspecified atom stereocenters. The van der Waals surface area contributed by atoms with Crippen molar-refractivity contribution in [2.45, 2.75) is 19.3 Å². The van der Waals surface area contributed by atoms with Crippen LogP contribution in [0.4, 0.5) is 0 Å². The van der Waals surface area contributed by atoms with Gasteiger partial charge in [0.1, 0.15) is 0 Å². The second-order valence-electron chi connectivity index (χ2n) is 10.7. The molecule has 196 valence electrons. The van der Waals surface area contributed by atoms with E-state index in [1.165, 1.54) is 37.4 Å². The van der Waals surface area contributed by atoms with Crippen LogP contribution in [0.25, 0.3) is 0 Å². The molecule has 0 fully saturated rings. The van der Waals surface area contributed by atoms with Crippen molar-refractivity contribution in [3.63, 3.8) is 0 Å². The highest BCUT2D eigenvalue weighted by Crippen LogP contribution is 2.54. The summed E-state index contributed by atoms with van der Waals surface area (Å²) >= 11 is 0. The fourth-order valence-electron chi connectivity index (χ4n) is 5.86. The monoisotopic (exact) mass is 552 g/mol. The molecule has 1 aliphatic carbocycles. The molecule has 40 heavy (non-hydrogen) atoms. The first-order valence-corrected chi connectivity index (χ1v) is 16.6. The Bertz CT molecular complexity index is 1530. The maximum Gasteiger partial charge on any atom is 0.0124 e. The van der Waals surface area contributed by atoms with E-state index in [1.54, 1.807) is 0 Å². The molecule has 0 bridgehead atoms. The number of benzene rings is 5. The Hall–Kier alpha value is -3.56. The lowest BCUT2D eigenvalue weighted by molar-refractivity contribution is 0.446. The third-order valence-electron chi connectivity index (χ3n) is 7.82. The third kappa shape index (κ3) is 5.28. The van der Waals surface area contributed by atoms with Gasteiger partial charge in [-0.2, -0.15) is 0 Å². The van der Waals surface area contributed by atoms with Gasteiger partial charge in [0.2, 0.25) is 0 Å². The van der Waals surface area contributed by atoms with Gasteiger partial charge in [-0.15, -0.1) is 0 Å². The first kappa shape index (κ1) is 26.7. The number of hydrogen-bond donors (Lipinski definition) is 0. The minimum atomic E-state index is -0.701. The lowest BCUT2D eigenvalue weighted by atomic mass is 9.74. The number of rotatable bonds is 8. The second kappa shape index (κ2) is 11.9. The molecule has 0 spiro atoms. The summed E-state index contributed by atoms with van der Waals surface area (Å²) in [4.78, 5) is 0. The summed E-state index contributed by atoms with van der Waals surface area (Å²) in [6, 6.07) is 53.5. The van der Waals surface area contributed by atoms with Gasteiger partial charge in [-0.25, -0.2) is 0 Å². The van der Waals surface area contributed by atoms with E-state index in [0.717, 1.165) is 0 Å². The van der Waals surface area contributed by atoms with Crippen molar-refractivity contribution >= 4 is 42.4 Å². The van der Waals surface area contributed by atoms with Gasteiger partial charge in [-0.3, -0.25) is 0 Å². The molecular weight excluding hydrogens is 518 g/mol. The molecule has 0 radical (unpaired) electrons. The maximum absolute atomic E-state index is 2.45. The molecule has 0 aliphatic heterocycles. The Morgan fingerprint density at radius 3 is 1.35 bits per heavy atom. The molecule has 5 aromatic rings. The lowest BCUT2D eigenvalue weighted by Crippen LogP contribution is -2.35. The van der Waals surface area contributed by atoms with E-state index in [2.05, 4.69) is 178 Å². The molecule has 6 rings (SSSR count). The minimum absolute atomic E-state index is 0.107. The summed E-state index contributed by atoms with van der Waals surface area (Å²) in [6.07, 6.45) is 7.14. The van der Waals surface area contributed by atoms with Gasteiger partial charge in [0, 0.05) is 11.3 Å². The summed E-state index contributed by atoms with van der Waals surface area (Å²) in [5.41, 5.74) is 1.33. The summed E-state index contributed by atoms with van der Waals surface area (Å²) in [5, 5.41) is 8.56. The highest BCUT2D eigenvalue weighted by molar-refractivity contribution is 7.80. The van der Waals surface area contributed by atoms with Crippen molar-refractivity contribution in [3.05, 3.63) is 175 Å². The largest absolute Gasteiger partial charge is 0.0761 e. The third-order valence-corrected chi connectivity index (χ3v) is 12.9. The van der Waals surface area contributed by atoms with Crippen LogP contribution in [0.5, 0.6) is 0 Å². The van der Waals surface area contributed by atoms with E-state index in [4.69, 9.17) is 0 Å². The van der Waals surface area contributed by atoms with Gasteiger partial charge >= 0.3 is 0 Å². The molecule has 0 amide bonds. The van der Waals surface area contributed by atoms with Crippen LogP contribution in [-0.4, -0.2) is 0 Å². The highest BCUT2D eigenvalue weighted by Gasteiger charge is 2.39. The van der Waals surface area contributed by atoms with E-state index in [1.807, 2.05) is 0 Å². The minimum Gasteiger partial charge on any atom is -0.0761 e. The van der Waals surface area contributed by atoms with Crippen molar-refractivity contribution in [2.75, 3.05) is 0 Å². The lowest BCUT2D eigenvalue weighted by Gasteiger charge is -2.39. The number of allylic oxidation sites excluding steroid dienone is 4. The summed E-state index contributed by atoms with van der Waals surface area (Å²) < 4.78 is 0. The van der Waals surface area contributed by atoms with E-state index in [-0.39, 0.29) is 5.41 Å². The van der Waals surface area contributed by atoms with Crippen LogP contribution in [0.2, 0.25) is 0 Å². The van der Waals surface area contributed by atoms with Crippen molar-refractivity contribution in [3.8, 4) is 0 Å². The average Bonchev–Trinajstić information content (AvgIpc) is 3.50. The van der Waals surface area contributed by atoms with Gasteiger partial charge in [-0.1, -0.05) is 178 Å². The van der Waals surface area contributed by atoms with Gasteiger partial charge in [-0.05, 0) is 53.2 Å². The Labute approximate surface area is 241 Å². The zero-order valence-corrected chi connectivity index (χ0v) is 24.8. The van der Waals surface area contributed by atoms with Crippen LogP contribution >= 0.6 is 15.8 Å². The predicted octanol–water partition coefficient (Wildman–Crippen LogP) is 7.93. The maximum atomic E-state index is 2.45. The van der Waals surface area contributed by atoms with Gasteiger partial charge in [0.25, 0.3) is 0 Å². The molecule has 5 aromatic carbocycles. The summed E-state index contributed by atoms with van der Waals surface area (Å²) in [5.74, 6) is 0.295. The zero-order valence-electron chi connectivity index (χ0n) is 23.1. The van der Waals surface area contributed by atoms with Crippen LogP contribution in [0.3, 0.4) is 0 Å². The fourth-order valence-corrected chi connectivity index (χ4v) is 11.2. The second-order valence-corrected chi connectivity index (χ2v) is 15.1. The van der Waals surface area contributed by atoms with E-state index in [9.17, 15) is 0 Å². The molecule has 1 atom stereocenters. The predicted molar refractivity (Wildman–Crippen MR) is 178 cm³/mol. The number of hydrogen-bond acceptors (Lipinski definition) is 0. The molecule has 0 nitrogen and oxygen atoms in total. The Morgan fingerprint density at radius 1 is 0.475 bits per heavy atom. The van der Waals surface area contributed by atoms with Crippen LogP contribution in [0.15, 0.2) is 169 Å². The van der Waals surface area contributed by atoms with Gasteiger partial charge in [0.05, 0.1) is 0 Å². The molecule has 0 saturated heterocycles. The van der Waals surface area contributed by atoms with E-state index < -0.39 is 15.8 Å². The Kier molecular flexibility index (Phi) is 7.93. The van der Waals surface area contributed by atoms with E-state index in [0.29, 0.717) is 5.92 Å². The fraction of sp³-hybridized carbons (Fsp3) is 0.105. The Balaban J connectivity index is 1.47. The molecule has 0 heterocycles. The van der Waals surface area contributed by atoms with E-state index >= 15 is 0 Å². The van der Waals surface area contributed by atoms with Crippen molar-refractivity contribution in [1.82, 2.24) is 0 Å². The summed E-state index contributed by atoms with van der Waals surface area (Å²) in [6.45, 7) is 4.90. The SMILES string of the molecule is CC(C)(c1ccccc1P(c1ccccc1)c1ccccc1)C1C=CC=C1P(c1ccccc1)c1ccccc1. The first-order chi connectivity index (χ1) is 19.6. The molecule has 0 aromatic heterocycles. The average molecular weight is 553 g/mol. The highest BCUT2D eigenvalue weighted by atomic mass is 31.1. The topological polar surface area (TPSA) is 0 Å². The first-order valence-electron chi connectivity index (χ1n) is 13.9. The molecule has 0 N–H and O–H groups in total. The van der Waals surface area contributed by atoms with Crippen molar-refractivity contribution < 1.29 is 0 Å². The smallest absolute Gasteiger partial charge is 0.0124 e. The molecule has 2 heteroatoms. The van der Waals surface area contributed by atoms with Crippen molar-refractivity contribution in [1.29, 1.82) is 0 Å². The Morgan fingerprint density at radius 2 is 0.875 bits per heavy atom. The van der Waals surface area contributed by atoms with Crippen LogP contribution in [0, 0.1) is 5.92 Å². The normalized spacial score (nSPS) is 15.0. The van der Waals surface area contributed by atoms with Crippen LogP contribution in [0.1, 0.15) is 19.4 Å². The van der Waals surface area contributed by atoms with Crippen molar-refractivity contribution in [2.24, 2.45) is 5.92 Å². The van der Waals surface area contributed by atoms with Gasteiger partial charge < -0.3 is 0 Å². The molecule has 0 saturated carbocycles. The summed E-state index contributed by atoms with van der Waals surface area (Å²) in [7, 11) is -1.36. The van der Waals surface area contributed by atoms with Crippen LogP contribution in [-0.2, 0) is 5.41 Å². The quantitative estimate of drug-likeness (QED) is 0.172. The molecule has 1 aliphatic rings. The molecular formula is C38H34P2. The van der Waals surface area contributed by atoms with Gasteiger partial charge in [0.15, 0.2) is 0 Å². The zero-order chi connectivity index (χ0) is 27.4.